The van der Waals surface area contributed by atoms with Crippen LogP contribution in [-0.2, 0) is 5.60 Å². The highest BCUT2D eigenvalue weighted by molar-refractivity contribution is 5.67. The molecule has 2 aromatic rings. The van der Waals surface area contributed by atoms with Gasteiger partial charge in [0.2, 0.25) is 0 Å². The summed E-state index contributed by atoms with van der Waals surface area (Å²) >= 11 is 0. The number of nitriles is 1. The van der Waals surface area contributed by atoms with Gasteiger partial charge in [0.1, 0.15) is 0 Å². The maximum absolute atomic E-state index is 10.4. The van der Waals surface area contributed by atoms with Crippen LogP contribution in [-0.4, -0.2) is 5.11 Å². The van der Waals surface area contributed by atoms with E-state index in [0.29, 0.717) is 12.8 Å². The van der Waals surface area contributed by atoms with E-state index in [2.05, 4.69) is 25.1 Å². The molecule has 0 aromatic heterocycles. The summed E-state index contributed by atoms with van der Waals surface area (Å²) in [4.78, 5) is 0. The zero-order chi connectivity index (χ0) is 14.6. The fraction of sp³-hybridized carbons (Fsp3) is 0.278. The van der Waals surface area contributed by atoms with Gasteiger partial charge in [-0.25, -0.2) is 0 Å². The molecular weight excluding hydrogens is 246 g/mol. The van der Waals surface area contributed by atoms with Crippen LogP contribution in [0.1, 0.15) is 30.9 Å². The Kier molecular flexibility index (Phi) is 4.22. The average molecular weight is 265 g/mol. The van der Waals surface area contributed by atoms with Crippen molar-refractivity contribution in [3.63, 3.8) is 0 Å². The van der Waals surface area contributed by atoms with E-state index in [-0.39, 0.29) is 0 Å². The standard InChI is InChI=1S/C18H19NO/c1-14-6-3-4-7-17(14)15-8-10-16(11-9-15)18(2,20)12-5-13-19/h3-4,6-11,20H,5,12H2,1-2H3. The topological polar surface area (TPSA) is 44.0 Å². The minimum atomic E-state index is -0.944. The molecule has 0 bridgehead atoms. The molecule has 0 aliphatic rings. The van der Waals surface area contributed by atoms with Crippen molar-refractivity contribution in [1.29, 1.82) is 5.26 Å². The summed E-state index contributed by atoms with van der Waals surface area (Å²) in [5.41, 5.74) is 3.49. The van der Waals surface area contributed by atoms with E-state index in [1.165, 1.54) is 11.1 Å². The SMILES string of the molecule is Cc1ccccc1-c1ccc(C(C)(O)CCC#N)cc1. The molecule has 2 aromatic carbocycles. The van der Waals surface area contributed by atoms with Crippen molar-refractivity contribution in [2.75, 3.05) is 0 Å². The predicted octanol–water partition coefficient (Wildman–Crippen LogP) is 4.17. The number of rotatable bonds is 4. The van der Waals surface area contributed by atoms with Crippen molar-refractivity contribution in [3.8, 4) is 17.2 Å². The minimum Gasteiger partial charge on any atom is -0.385 e. The lowest BCUT2D eigenvalue weighted by Crippen LogP contribution is -2.20. The van der Waals surface area contributed by atoms with Gasteiger partial charge in [-0.2, -0.15) is 5.26 Å². The largest absolute Gasteiger partial charge is 0.385 e. The molecule has 0 saturated carbocycles. The highest BCUT2D eigenvalue weighted by Gasteiger charge is 2.22. The highest BCUT2D eigenvalue weighted by Crippen LogP contribution is 2.29. The molecule has 0 radical (unpaired) electrons. The summed E-state index contributed by atoms with van der Waals surface area (Å²) in [5, 5.41) is 19.0. The fourth-order valence-corrected chi connectivity index (χ4v) is 2.35. The number of aliphatic hydroxyl groups is 1. The zero-order valence-electron chi connectivity index (χ0n) is 11.9. The Balaban J connectivity index is 2.27. The molecule has 2 heteroatoms. The van der Waals surface area contributed by atoms with Crippen molar-refractivity contribution in [1.82, 2.24) is 0 Å². The van der Waals surface area contributed by atoms with E-state index >= 15 is 0 Å². The van der Waals surface area contributed by atoms with E-state index < -0.39 is 5.60 Å². The van der Waals surface area contributed by atoms with Crippen LogP contribution in [0.25, 0.3) is 11.1 Å². The molecule has 0 fully saturated rings. The molecule has 0 amide bonds. The highest BCUT2D eigenvalue weighted by atomic mass is 16.3. The molecule has 0 aliphatic carbocycles. The van der Waals surface area contributed by atoms with Gasteiger partial charge in [-0.1, -0.05) is 48.5 Å². The summed E-state index contributed by atoms with van der Waals surface area (Å²) in [6.07, 6.45) is 0.805. The average Bonchev–Trinajstić information content (AvgIpc) is 2.46. The van der Waals surface area contributed by atoms with Crippen LogP contribution in [0.2, 0.25) is 0 Å². The molecule has 1 unspecified atom stereocenters. The molecule has 0 aliphatic heterocycles. The number of hydrogen-bond donors (Lipinski definition) is 1. The minimum absolute atomic E-state index is 0.354. The van der Waals surface area contributed by atoms with Crippen molar-refractivity contribution in [3.05, 3.63) is 59.7 Å². The Morgan fingerprint density at radius 1 is 1.10 bits per heavy atom. The van der Waals surface area contributed by atoms with E-state index in [1.807, 2.05) is 36.4 Å². The van der Waals surface area contributed by atoms with Crippen molar-refractivity contribution in [2.45, 2.75) is 32.3 Å². The Morgan fingerprint density at radius 2 is 1.75 bits per heavy atom. The maximum Gasteiger partial charge on any atom is 0.0878 e. The summed E-state index contributed by atoms with van der Waals surface area (Å²) in [7, 11) is 0. The summed E-state index contributed by atoms with van der Waals surface area (Å²) in [6, 6.07) is 18.3. The van der Waals surface area contributed by atoms with Gasteiger partial charge in [0.15, 0.2) is 0 Å². The second-order valence-electron chi connectivity index (χ2n) is 5.32. The lowest BCUT2D eigenvalue weighted by molar-refractivity contribution is 0.0492. The first-order valence-electron chi connectivity index (χ1n) is 6.80. The van der Waals surface area contributed by atoms with Crippen LogP contribution in [0.4, 0.5) is 0 Å². The Morgan fingerprint density at radius 3 is 2.35 bits per heavy atom. The smallest absolute Gasteiger partial charge is 0.0878 e. The molecule has 102 valence electrons. The van der Waals surface area contributed by atoms with Gasteiger partial charge < -0.3 is 5.11 Å². The Labute approximate surface area is 120 Å². The van der Waals surface area contributed by atoms with Gasteiger partial charge >= 0.3 is 0 Å². The predicted molar refractivity (Wildman–Crippen MR) is 81.0 cm³/mol. The molecule has 0 saturated heterocycles. The van der Waals surface area contributed by atoms with Gasteiger partial charge in [-0.3, -0.25) is 0 Å². The Hall–Kier alpha value is -2.11. The van der Waals surface area contributed by atoms with E-state index in [9.17, 15) is 5.11 Å². The first-order valence-corrected chi connectivity index (χ1v) is 6.80. The van der Waals surface area contributed by atoms with Crippen LogP contribution in [0, 0.1) is 18.3 Å². The Bertz CT molecular complexity index is 621. The van der Waals surface area contributed by atoms with Gasteiger partial charge in [0.25, 0.3) is 0 Å². The van der Waals surface area contributed by atoms with Crippen molar-refractivity contribution < 1.29 is 5.11 Å². The molecule has 1 atom stereocenters. The molecule has 2 nitrogen and oxygen atoms in total. The van der Waals surface area contributed by atoms with Gasteiger partial charge in [0.05, 0.1) is 11.7 Å². The zero-order valence-corrected chi connectivity index (χ0v) is 11.9. The third-order valence-electron chi connectivity index (χ3n) is 3.69. The van der Waals surface area contributed by atoms with Gasteiger partial charge in [0, 0.05) is 6.42 Å². The number of nitrogens with zero attached hydrogens (tertiary/aromatic N) is 1. The summed E-state index contributed by atoms with van der Waals surface area (Å²) < 4.78 is 0. The van der Waals surface area contributed by atoms with Crippen LogP contribution in [0.5, 0.6) is 0 Å². The van der Waals surface area contributed by atoms with Crippen LogP contribution < -0.4 is 0 Å². The lowest BCUT2D eigenvalue weighted by Gasteiger charge is -2.23. The van der Waals surface area contributed by atoms with Crippen LogP contribution in [0.15, 0.2) is 48.5 Å². The van der Waals surface area contributed by atoms with Crippen LogP contribution >= 0.6 is 0 Å². The van der Waals surface area contributed by atoms with E-state index in [4.69, 9.17) is 5.26 Å². The maximum atomic E-state index is 10.4. The quantitative estimate of drug-likeness (QED) is 0.901. The normalized spacial score (nSPS) is 13.5. The summed E-state index contributed by atoms with van der Waals surface area (Å²) in [5.74, 6) is 0. The van der Waals surface area contributed by atoms with Gasteiger partial charge in [-0.15, -0.1) is 0 Å². The fourth-order valence-electron chi connectivity index (χ4n) is 2.35. The molecule has 0 spiro atoms. The molecule has 1 N–H and O–H groups in total. The van der Waals surface area contributed by atoms with Crippen molar-refractivity contribution in [2.24, 2.45) is 0 Å². The third kappa shape index (κ3) is 3.07. The lowest BCUT2D eigenvalue weighted by atomic mass is 9.89. The molecule has 20 heavy (non-hydrogen) atoms. The second kappa shape index (κ2) is 5.90. The third-order valence-corrected chi connectivity index (χ3v) is 3.69. The van der Waals surface area contributed by atoms with Gasteiger partial charge in [-0.05, 0) is 42.5 Å². The molecule has 2 rings (SSSR count). The van der Waals surface area contributed by atoms with E-state index in [0.717, 1.165) is 11.1 Å². The van der Waals surface area contributed by atoms with Crippen molar-refractivity contribution >= 4 is 0 Å². The van der Waals surface area contributed by atoms with Crippen LogP contribution in [0.3, 0.4) is 0 Å². The molecular formula is C18H19NO. The second-order valence-corrected chi connectivity index (χ2v) is 5.32. The first kappa shape index (κ1) is 14.3. The number of benzene rings is 2. The summed E-state index contributed by atoms with van der Waals surface area (Å²) in [6.45, 7) is 3.85. The first-order chi connectivity index (χ1) is 9.54. The monoisotopic (exact) mass is 265 g/mol. The number of aryl methyl sites for hydroxylation is 1. The number of hydrogen-bond acceptors (Lipinski definition) is 2. The van der Waals surface area contributed by atoms with E-state index in [1.54, 1.807) is 6.92 Å². The molecule has 0 heterocycles.